The number of aliphatic hydroxyl groups excluding tert-OH is 1. The van der Waals surface area contributed by atoms with Crippen molar-refractivity contribution in [3.05, 3.63) is 0 Å². The number of aliphatic hydroxyl groups is 1. The second kappa shape index (κ2) is 16.1. The highest BCUT2D eigenvalue weighted by Gasteiger charge is 2.81. The molecule has 13 nitrogen and oxygen atoms in total. The summed E-state index contributed by atoms with van der Waals surface area (Å²) in [6.07, 6.45) is 0.0537. The molecule has 0 aromatic rings. The lowest BCUT2D eigenvalue weighted by atomic mass is 10.3. The van der Waals surface area contributed by atoms with E-state index in [4.69, 9.17) is 49.7 Å². The lowest BCUT2D eigenvalue weighted by Crippen LogP contribution is -2.84. The fourth-order valence-corrected chi connectivity index (χ4v) is 58.4. The maximum absolute atomic E-state index is 10.8. The minimum Gasteiger partial charge on any atom is -0.396 e. The highest BCUT2D eigenvalue weighted by atomic mass is 28.6. The molecule has 6 fully saturated rings. The normalized spacial score (nSPS) is 42.1. The summed E-state index contributed by atoms with van der Waals surface area (Å²) in [4.78, 5) is 0. The first kappa shape index (κ1) is 44.3. The summed E-state index contributed by atoms with van der Waals surface area (Å²) in [5.74, 6) is 0.799. The molecule has 52 heavy (non-hydrogen) atoms. The topological polar surface area (TPSA) is 131 Å². The third-order valence-corrected chi connectivity index (χ3v) is 48.6. The molecule has 0 aliphatic carbocycles. The van der Waals surface area contributed by atoms with Gasteiger partial charge in [0.15, 0.2) is 0 Å². The molecule has 0 aromatic heterocycles. The van der Waals surface area contributed by atoms with Crippen LogP contribution in [0.25, 0.3) is 0 Å². The SMILES string of the molecule is CC(C)C[Si]12OC[Si]3(CCO)O[Si]4(CC(C)C)O[Si](CC(C)C)(O1)O[Si]1(CC(C)C)O[Si](CC(C)C)(O2)O[Si](CC(C)C)(O3)O[Si](CC(C)C)(O4)O1. The van der Waals surface area contributed by atoms with Crippen molar-refractivity contribution in [3.63, 3.8) is 0 Å². The molecule has 8 bridgehead atoms. The minimum absolute atomic E-state index is 0.0537. The van der Waals surface area contributed by atoms with Gasteiger partial charge in [-0.2, -0.15) is 0 Å². The van der Waals surface area contributed by atoms with Crippen LogP contribution < -0.4 is 0 Å². The highest BCUT2D eigenvalue weighted by Crippen LogP contribution is 2.54. The summed E-state index contributed by atoms with van der Waals surface area (Å²) < 4.78 is 91.8. The zero-order valence-corrected chi connectivity index (χ0v) is 42.5. The Labute approximate surface area is 323 Å². The van der Waals surface area contributed by atoms with Crippen LogP contribution in [0.2, 0.25) is 48.4 Å². The first-order valence-corrected chi connectivity index (χ1v) is 35.7. The second-order valence-electron chi connectivity index (χ2n) is 18.8. The molecule has 6 aliphatic heterocycles. The van der Waals surface area contributed by atoms with Crippen LogP contribution in [0.5, 0.6) is 0 Å². The van der Waals surface area contributed by atoms with Crippen LogP contribution in [0.15, 0.2) is 0 Å². The van der Waals surface area contributed by atoms with Crippen molar-refractivity contribution in [2.45, 2.75) is 145 Å². The Morgan fingerprint density at radius 3 is 0.788 bits per heavy atom. The average Bonchev–Trinajstić information content (AvgIpc) is 2.92. The van der Waals surface area contributed by atoms with E-state index in [-0.39, 0.29) is 60.3 Å². The van der Waals surface area contributed by atoms with Crippen molar-refractivity contribution in [3.8, 4) is 0 Å². The van der Waals surface area contributed by atoms with E-state index in [9.17, 15) is 5.11 Å². The van der Waals surface area contributed by atoms with E-state index in [1.54, 1.807) is 0 Å². The molecule has 6 saturated heterocycles. The van der Waals surface area contributed by atoms with Gasteiger partial charge in [0.25, 0.3) is 0 Å². The molecule has 21 heteroatoms. The fraction of sp³-hybridized carbons (Fsp3) is 1.00. The van der Waals surface area contributed by atoms with Crippen LogP contribution in [0.3, 0.4) is 0 Å². The fourth-order valence-electron chi connectivity index (χ4n) is 8.19. The van der Waals surface area contributed by atoms with Gasteiger partial charge in [-0.15, -0.1) is 0 Å². The first-order valence-electron chi connectivity index (χ1n) is 19.9. The molecule has 4 unspecified atom stereocenters. The van der Waals surface area contributed by atoms with E-state index in [0.717, 1.165) is 0 Å². The van der Waals surface area contributed by atoms with Crippen LogP contribution >= 0.6 is 0 Å². The monoisotopic (exact) mass is 874 g/mol. The number of fused-ring (bicyclic) bond motifs is 1. The van der Waals surface area contributed by atoms with Gasteiger partial charge >= 0.3 is 70.2 Å². The van der Waals surface area contributed by atoms with E-state index < -0.39 is 70.2 Å². The van der Waals surface area contributed by atoms with Crippen LogP contribution in [-0.4, -0.2) is 88.1 Å². The molecule has 1 N–H and O–H groups in total. The van der Waals surface area contributed by atoms with Gasteiger partial charge in [0.2, 0.25) is 0 Å². The van der Waals surface area contributed by atoms with Gasteiger partial charge in [0, 0.05) is 55.0 Å². The van der Waals surface area contributed by atoms with Gasteiger partial charge in [-0.3, -0.25) is 0 Å². The molecule has 0 saturated carbocycles. The Balaban J connectivity index is 1.98. The number of hydrogen-bond donors (Lipinski definition) is 1. The van der Waals surface area contributed by atoms with E-state index in [2.05, 4.69) is 96.9 Å². The number of hydrogen-bond acceptors (Lipinski definition) is 13. The predicted octanol–water partition coefficient (Wildman–Crippen LogP) is 7.39. The zero-order chi connectivity index (χ0) is 38.6. The standard InChI is InChI=1S/C31H70O13Si8/c1-25(2)17-46-33-24-45(16-15-32)34-47(18-26(3)4)38-49(36-46,20-28(7)8)42-52(23-31(13)14)43-50(37-46,21-29(9)10)39-48(35-45,19-27(5)6)41-51(40-47,44-52)22-30(11)12/h25-32H,15-24H2,1-14H3. The molecule has 6 aliphatic rings. The van der Waals surface area contributed by atoms with Gasteiger partial charge in [-0.25, -0.2) is 0 Å². The summed E-state index contributed by atoms with van der Waals surface area (Å²) in [7, 11) is -31.0. The van der Waals surface area contributed by atoms with Gasteiger partial charge in [0.1, 0.15) is 0 Å². The molecule has 0 aromatic carbocycles. The summed E-state index contributed by atoms with van der Waals surface area (Å²) in [5, 5.41) is 10.8. The third kappa shape index (κ3) is 10.1. The maximum Gasteiger partial charge on any atom is 0.486 e. The third-order valence-electron chi connectivity index (χ3n) is 9.09. The van der Waals surface area contributed by atoms with Crippen molar-refractivity contribution < 1.29 is 54.8 Å². The van der Waals surface area contributed by atoms with Crippen molar-refractivity contribution in [2.75, 3.05) is 12.8 Å². The first-order chi connectivity index (χ1) is 24.0. The lowest BCUT2D eigenvalue weighted by molar-refractivity contribution is -0.000625. The van der Waals surface area contributed by atoms with Gasteiger partial charge in [0.05, 0.1) is 6.23 Å². The van der Waals surface area contributed by atoms with E-state index in [0.29, 0.717) is 42.3 Å². The molecule has 0 radical (unpaired) electrons. The van der Waals surface area contributed by atoms with Crippen molar-refractivity contribution in [1.29, 1.82) is 0 Å². The Hall–Kier alpha value is 1.22. The molecule has 6 rings (SSSR count). The zero-order valence-electron chi connectivity index (χ0n) is 34.5. The van der Waals surface area contributed by atoms with Crippen molar-refractivity contribution >= 4 is 70.2 Å². The lowest BCUT2D eigenvalue weighted by Gasteiger charge is -2.60. The quantitative estimate of drug-likeness (QED) is 0.155. The van der Waals surface area contributed by atoms with E-state index in [1.165, 1.54) is 0 Å². The predicted molar refractivity (Wildman–Crippen MR) is 213 cm³/mol. The van der Waals surface area contributed by atoms with Crippen LogP contribution in [-0.2, 0) is 49.7 Å². The number of rotatable bonds is 16. The van der Waals surface area contributed by atoms with Crippen LogP contribution in [0, 0.1) is 41.4 Å². The summed E-state index contributed by atoms with van der Waals surface area (Å²) in [6.45, 7) is 29.9. The smallest absolute Gasteiger partial charge is 0.396 e. The Bertz CT molecular complexity index is 1180. The molecule has 0 amide bonds. The van der Waals surface area contributed by atoms with E-state index in [1.807, 2.05) is 0 Å². The largest absolute Gasteiger partial charge is 0.486 e. The molecular formula is C31H70O13Si8. The molecular weight excluding hydrogens is 805 g/mol. The minimum atomic E-state index is -3.93. The summed E-state index contributed by atoms with van der Waals surface area (Å²) in [6, 6.07) is 3.50. The Kier molecular flexibility index (Phi) is 13.7. The molecule has 6 heterocycles. The molecule has 0 spiro atoms. The van der Waals surface area contributed by atoms with Crippen LogP contribution in [0.1, 0.15) is 96.9 Å². The summed E-state index contributed by atoms with van der Waals surface area (Å²) >= 11 is 0. The van der Waals surface area contributed by atoms with E-state index >= 15 is 0 Å². The van der Waals surface area contributed by atoms with Gasteiger partial charge in [-0.1, -0.05) is 96.9 Å². The highest BCUT2D eigenvalue weighted by molar-refractivity contribution is 7.02. The molecule has 304 valence electrons. The average molecular weight is 876 g/mol. The maximum atomic E-state index is 10.8. The van der Waals surface area contributed by atoms with Crippen LogP contribution in [0.4, 0.5) is 0 Å². The summed E-state index contributed by atoms with van der Waals surface area (Å²) in [5.41, 5.74) is 0. The Morgan fingerprint density at radius 2 is 0.558 bits per heavy atom. The molecule has 4 atom stereocenters. The Morgan fingerprint density at radius 1 is 0.346 bits per heavy atom. The second-order valence-corrected chi connectivity index (χ2v) is 43.1. The van der Waals surface area contributed by atoms with Gasteiger partial charge in [-0.05, 0) is 41.4 Å². The van der Waals surface area contributed by atoms with Gasteiger partial charge < -0.3 is 54.8 Å². The van der Waals surface area contributed by atoms with Crippen molar-refractivity contribution in [1.82, 2.24) is 0 Å². The van der Waals surface area contributed by atoms with Crippen molar-refractivity contribution in [2.24, 2.45) is 41.4 Å².